The van der Waals surface area contributed by atoms with Gasteiger partial charge in [-0.1, -0.05) is 0 Å². The number of carboxylic acids is 1. The third-order valence-corrected chi connectivity index (χ3v) is 5.54. The van der Waals surface area contributed by atoms with Gasteiger partial charge in [0.25, 0.3) is 0 Å². The molecule has 0 aliphatic heterocycles. The molecule has 0 radical (unpaired) electrons. The van der Waals surface area contributed by atoms with Crippen LogP contribution < -0.4 is 5.73 Å². The molecule has 106 valence electrons. The molecule has 4 fully saturated rings. The average molecular weight is 273 g/mol. The molecule has 1 heterocycles. The van der Waals surface area contributed by atoms with E-state index in [1.54, 1.807) is 6.07 Å². The Balaban J connectivity index is 1.78. The largest absolute Gasteiger partial charge is 0.477 e. The molecule has 0 aromatic carbocycles. The molecule has 20 heavy (non-hydrogen) atoms. The molecule has 4 aliphatic carbocycles. The van der Waals surface area contributed by atoms with Gasteiger partial charge >= 0.3 is 5.97 Å². The molecule has 1 aromatic rings. The molecule has 1 aromatic heterocycles. The second-order valence-corrected chi connectivity index (χ2v) is 7.00. The minimum atomic E-state index is -1.02. The van der Waals surface area contributed by atoms with Gasteiger partial charge in [0.1, 0.15) is 0 Å². The molecule has 4 bridgehead atoms. The van der Waals surface area contributed by atoms with Gasteiger partial charge in [-0.05, 0) is 62.3 Å². The first kappa shape index (κ1) is 12.1. The van der Waals surface area contributed by atoms with Crippen LogP contribution in [0.1, 0.15) is 54.7 Å². The number of aromatic nitrogens is 2. The normalized spacial score (nSPS) is 38.1. The highest BCUT2D eigenvalue weighted by Gasteiger charge is 2.52. The van der Waals surface area contributed by atoms with Crippen molar-refractivity contribution in [2.75, 3.05) is 5.73 Å². The topological polar surface area (TPSA) is 89.1 Å². The highest BCUT2D eigenvalue weighted by molar-refractivity contribution is 5.85. The fraction of sp³-hybridized carbons (Fsp3) is 0.667. The van der Waals surface area contributed by atoms with Crippen LogP contribution in [0.4, 0.5) is 5.95 Å². The van der Waals surface area contributed by atoms with E-state index in [0.717, 1.165) is 42.7 Å². The third-order valence-electron chi connectivity index (χ3n) is 5.54. The zero-order chi connectivity index (χ0) is 13.9. The molecule has 0 saturated heterocycles. The number of carboxylic acid groups (broad SMARTS) is 1. The van der Waals surface area contributed by atoms with Crippen molar-refractivity contribution in [3.05, 3.63) is 17.5 Å². The van der Waals surface area contributed by atoms with Crippen LogP contribution in [0.25, 0.3) is 0 Å². The zero-order valence-corrected chi connectivity index (χ0v) is 11.4. The summed E-state index contributed by atoms with van der Waals surface area (Å²) in [7, 11) is 0. The molecule has 0 atom stereocenters. The summed E-state index contributed by atoms with van der Waals surface area (Å²) in [5.74, 6) is 1.46. The monoisotopic (exact) mass is 273 g/mol. The lowest BCUT2D eigenvalue weighted by molar-refractivity contribution is -0.00723. The van der Waals surface area contributed by atoms with E-state index in [2.05, 4.69) is 9.97 Å². The minimum absolute atomic E-state index is 0.0308. The van der Waals surface area contributed by atoms with Crippen molar-refractivity contribution in [2.45, 2.75) is 43.9 Å². The predicted octanol–water partition coefficient (Wildman–Crippen LogP) is 2.22. The molecular weight excluding hydrogens is 254 g/mol. The lowest BCUT2D eigenvalue weighted by Crippen LogP contribution is -2.49. The predicted molar refractivity (Wildman–Crippen MR) is 73.3 cm³/mol. The molecule has 0 amide bonds. The first-order valence-electron chi connectivity index (χ1n) is 7.42. The molecule has 0 spiro atoms. The molecule has 4 saturated carbocycles. The summed E-state index contributed by atoms with van der Waals surface area (Å²) in [4.78, 5) is 19.4. The molecule has 4 aliphatic rings. The Morgan fingerprint density at radius 2 is 1.70 bits per heavy atom. The molecule has 5 rings (SSSR count). The van der Waals surface area contributed by atoms with E-state index >= 15 is 0 Å². The Morgan fingerprint density at radius 1 is 1.15 bits per heavy atom. The zero-order valence-electron chi connectivity index (χ0n) is 11.4. The van der Waals surface area contributed by atoms with Crippen LogP contribution in [0, 0.1) is 17.8 Å². The number of rotatable bonds is 2. The Bertz CT molecular complexity index is 549. The van der Waals surface area contributed by atoms with Crippen LogP contribution in [-0.4, -0.2) is 21.0 Å². The maximum absolute atomic E-state index is 11.2. The summed E-state index contributed by atoms with van der Waals surface area (Å²) >= 11 is 0. The van der Waals surface area contributed by atoms with E-state index in [1.807, 2.05) is 0 Å². The van der Waals surface area contributed by atoms with Gasteiger partial charge in [0.15, 0.2) is 5.69 Å². The van der Waals surface area contributed by atoms with Gasteiger partial charge in [0.2, 0.25) is 5.95 Å². The van der Waals surface area contributed by atoms with Crippen LogP contribution in [0.2, 0.25) is 0 Å². The van der Waals surface area contributed by atoms with Gasteiger partial charge in [0.05, 0.1) is 5.69 Å². The van der Waals surface area contributed by atoms with Crippen molar-refractivity contribution in [1.29, 1.82) is 0 Å². The maximum atomic E-state index is 11.2. The van der Waals surface area contributed by atoms with Crippen molar-refractivity contribution >= 4 is 11.9 Å². The smallest absolute Gasteiger partial charge is 0.354 e. The molecule has 3 N–H and O–H groups in total. The van der Waals surface area contributed by atoms with Gasteiger partial charge < -0.3 is 10.8 Å². The summed E-state index contributed by atoms with van der Waals surface area (Å²) in [5.41, 5.74) is 6.70. The fourth-order valence-electron chi connectivity index (χ4n) is 5.27. The highest BCUT2D eigenvalue weighted by atomic mass is 16.4. The van der Waals surface area contributed by atoms with Crippen LogP contribution in [0.3, 0.4) is 0 Å². The standard InChI is InChI=1S/C15H19N3O2/c16-14-17-11(13(19)20)4-12(18-14)15-5-8-1-9(6-15)3-10(2-8)7-15/h4,8-10H,1-3,5-7H2,(H,19,20)(H2,16,17,18). The number of hydrogen-bond donors (Lipinski definition) is 2. The molecule has 5 nitrogen and oxygen atoms in total. The SMILES string of the molecule is Nc1nc(C(=O)O)cc(C23CC4CC(CC(C4)C2)C3)n1. The second-order valence-electron chi connectivity index (χ2n) is 7.00. The van der Waals surface area contributed by atoms with Crippen LogP contribution in [0.5, 0.6) is 0 Å². The summed E-state index contributed by atoms with van der Waals surface area (Å²) < 4.78 is 0. The molecule has 0 unspecified atom stereocenters. The average Bonchev–Trinajstić information content (AvgIpc) is 2.36. The lowest BCUT2D eigenvalue weighted by atomic mass is 9.49. The van der Waals surface area contributed by atoms with Crippen molar-refractivity contribution in [2.24, 2.45) is 17.8 Å². The van der Waals surface area contributed by atoms with E-state index in [1.165, 1.54) is 19.3 Å². The fourth-order valence-corrected chi connectivity index (χ4v) is 5.27. The van der Waals surface area contributed by atoms with E-state index in [4.69, 9.17) is 10.8 Å². The number of nitrogens with zero attached hydrogens (tertiary/aromatic N) is 2. The summed E-state index contributed by atoms with van der Waals surface area (Å²) in [6, 6.07) is 1.66. The van der Waals surface area contributed by atoms with Gasteiger partial charge in [-0.2, -0.15) is 0 Å². The molecule has 5 heteroatoms. The molecular formula is C15H19N3O2. The number of anilines is 1. The van der Waals surface area contributed by atoms with Crippen LogP contribution >= 0.6 is 0 Å². The maximum Gasteiger partial charge on any atom is 0.354 e. The van der Waals surface area contributed by atoms with Gasteiger partial charge in [0, 0.05) is 5.41 Å². The van der Waals surface area contributed by atoms with E-state index in [9.17, 15) is 4.79 Å². The first-order chi connectivity index (χ1) is 9.54. The summed E-state index contributed by atoms with van der Waals surface area (Å²) in [5, 5.41) is 9.17. The Morgan fingerprint density at radius 3 is 2.20 bits per heavy atom. The number of nitrogen functional groups attached to an aromatic ring is 1. The lowest BCUT2D eigenvalue weighted by Gasteiger charge is -2.56. The van der Waals surface area contributed by atoms with Crippen molar-refractivity contribution in [3.63, 3.8) is 0 Å². The summed E-state index contributed by atoms with van der Waals surface area (Å²) in [6.07, 6.45) is 7.50. The van der Waals surface area contributed by atoms with Crippen molar-refractivity contribution < 1.29 is 9.90 Å². The Labute approximate surface area is 117 Å². The summed E-state index contributed by atoms with van der Waals surface area (Å²) in [6.45, 7) is 0. The number of hydrogen-bond acceptors (Lipinski definition) is 4. The van der Waals surface area contributed by atoms with Gasteiger partial charge in [-0.25, -0.2) is 14.8 Å². The van der Waals surface area contributed by atoms with E-state index < -0.39 is 5.97 Å². The Kier molecular flexibility index (Phi) is 2.38. The Hall–Kier alpha value is -1.65. The number of aromatic carboxylic acids is 1. The second kappa shape index (κ2) is 3.93. The number of carbonyl (C=O) groups is 1. The number of nitrogens with two attached hydrogens (primary N) is 1. The highest BCUT2D eigenvalue weighted by Crippen LogP contribution is 2.60. The quantitative estimate of drug-likeness (QED) is 0.862. The van der Waals surface area contributed by atoms with Crippen molar-refractivity contribution in [1.82, 2.24) is 9.97 Å². The van der Waals surface area contributed by atoms with Gasteiger partial charge in [-0.15, -0.1) is 0 Å². The van der Waals surface area contributed by atoms with Crippen LogP contribution in [-0.2, 0) is 5.41 Å². The van der Waals surface area contributed by atoms with Crippen molar-refractivity contribution in [3.8, 4) is 0 Å². The van der Waals surface area contributed by atoms with E-state index in [0.29, 0.717) is 0 Å². The van der Waals surface area contributed by atoms with E-state index in [-0.39, 0.29) is 17.1 Å². The van der Waals surface area contributed by atoms with Crippen LogP contribution in [0.15, 0.2) is 6.07 Å². The minimum Gasteiger partial charge on any atom is -0.477 e. The third kappa shape index (κ3) is 1.72. The first-order valence-corrected chi connectivity index (χ1v) is 7.42. The van der Waals surface area contributed by atoms with Gasteiger partial charge in [-0.3, -0.25) is 0 Å².